The Morgan fingerprint density at radius 2 is 1.90 bits per heavy atom. The SMILES string of the molecule is COc1cc(N2CCC[C@H](F)C2)ccc1Nc1ncc(Cl)c(Nc2ccc3nccnc3c2NS(C)(=O)=O)n1. The van der Waals surface area contributed by atoms with Crippen molar-refractivity contribution in [2.75, 3.05) is 46.7 Å². The minimum absolute atomic E-state index is 0.206. The lowest BCUT2D eigenvalue weighted by Gasteiger charge is -2.31. The monoisotopic (exact) mass is 572 g/mol. The zero-order valence-corrected chi connectivity index (χ0v) is 22.7. The van der Waals surface area contributed by atoms with E-state index in [4.69, 9.17) is 16.3 Å². The Hall–Kier alpha value is -3.97. The number of hydrogen-bond acceptors (Lipinski definition) is 10. The van der Waals surface area contributed by atoms with Crippen LogP contribution in [0.15, 0.2) is 48.9 Å². The molecule has 2 aromatic heterocycles. The van der Waals surface area contributed by atoms with Crippen molar-refractivity contribution in [2.45, 2.75) is 19.0 Å². The summed E-state index contributed by atoms with van der Waals surface area (Å²) in [5.74, 6) is 0.981. The maximum absolute atomic E-state index is 13.9. The van der Waals surface area contributed by atoms with Crippen LogP contribution in [0.3, 0.4) is 0 Å². The average molecular weight is 573 g/mol. The number of halogens is 2. The third-order valence-electron chi connectivity index (χ3n) is 6.09. The molecule has 0 amide bonds. The van der Waals surface area contributed by atoms with E-state index in [0.717, 1.165) is 24.9 Å². The van der Waals surface area contributed by atoms with Gasteiger partial charge in [-0.1, -0.05) is 11.6 Å². The third-order valence-corrected chi connectivity index (χ3v) is 6.94. The molecule has 0 radical (unpaired) electrons. The summed E-state index contributed by atoms with van der Waals surface area (Å²) in [5.41, 5.74) is 2.90. The summed E-state index contributed by atoms with van der Waals surface area (Å²) in [6.07, 6.45) is 5.98. The summed E-state index contributed by atoms with van der Waals surface area (Å²) in [4.78, 5) is 19.3. The molecular weight excluding hydrogens is 547 g/mol. The maximum atomic E-state index is 13.9. The molecule has 0 aliphatic carbocycles. The van der Waals surface area contributed by atoms with Crippen LogP contribution in [0.2, 0.25) is 5.02 Å². The summed E-state index contributed by atoms with van der Waals surface area (Å²) >= 11 is 6.39. The molecule has 5 rings (SSSR count). The van der Waals surface area contributed by atoms with Gasteiger partial charge >= 0.3 is 0 Å². The first-order valence-corrected chi connectivity index (χ1v) is 14.3. The summed E-state index contributed by atoms with van der Waals surface area (Å²) in [6.45, 7) is 1.13. The molecule has 3 N–H and O–H groups in total. The van der Waals surface area contributed by atoms with Crippen LogP contribution in [0.1, 0.15) is 12.8 Å². The van der Waals surface area contributed by atoms with Gasteiger partial charge in [0.15, 0.2) is 5.82 Å². The van der Waals surface area contributed by atoms with Gasteiger partial charge in [-0.25, -0.2) is 17.8 Å². The van der Waals surface area contributed by atoms with E-state index in [1.807, 2.05) is 23.1 Å². The smallest absolute Gasteiger partial charge is 0.229 e. The van der Waals surface area contributed by atoms with E-state index in [1.54, 1.807) is 19.2 Å². The fourth-order valence-corrected chi connectivity index (χ4v) is 5.05. The second-order valence-electron chi connectivity index (χ2n) is 9.00. The fraction of sp³-hybridized carbons (Fsp3) is 0.280. The van der Waals surface area contributed by atoms with Crippen molar-refractivity contribution in [3.63, 3.8) is 0 Å². The molecule has 2 aromatic carbocycles. The number of anilines is 6. The van der Waals surface area contributed by atoms with Crippen LogP contribution < -0.4 is 25.0 Å². The standard InChI is InChI=1S/C25H26ClFN8O3S/c1-38-21-12-16(35-11-3-4-15(27)14-35)5-6-18(21)32-25-30-13-17(26)24(33-25)31-20-8-7-19-22(29-10-9-28-19)23(20)34-39(2,36)37/h5-10,12-13,15,34H,3-4,11,14H2,1-2H3,(H2,30,31,32,33)/t15-/m0/s1. The highest BCUT2D eigenvalue weighted by molar-refractivity contribution is 7.92. The van der Waals surface area contributed by atoms with E-state index in [-0.39, 0.29) is 22.5 Å². The lowest BCUT2D eigenvalue weighted by Crippen LogP contribution is -2.36. The fourth-order valence-electron chi connectivity index (χ4n) is 4.33. The predicted octanol–water partition coefficient (Wildman–Crippen LogP) is 4.88. The first kappa shape index (κ1) is 26.6. The van der Waals surface area contributed by atoms with Crippen LogP contribution in [0.25, 0.3) is 11.0 Å². The molecule has 204 valence electrons. The minimum atomic E-state index is -3.64. The first-order valence-electron chi connectivity index (χ1n) is 12.1. The zero-order chi connectivity index (χ0) is 27.6. The third kappa shape index (κ3) is 6.20. The summed E-state index contributed by atoms with van der Waals surface area (Å²) in [7, 11) is -2.09. The number of fused-ring (bicyclic) bond motifs is 1. The van der Waals surface area contributed by atoms with Crippen molar-refractivity contribution in [1.82, 2.24) is 19.9 Å². The number of nitrogens with zero attached hydrogens (tertiary/aromatic N) is 5. The number of alkyl halides is 1. The van der Waals surface area contributed by atoms with Crippen molar-refractivity contribution in [3.8, 4) is 5.75 Å². The number of benzene rings is 2. The summed E-state index contributed by atoms with van der Waals surface area (Å²) < 4.78 is 46.2. The number of hydrogen-bond donors (Lipinski definition) is 3. The van der Waals surface area contributed by atoms with E-state index < -0.39 is 16.2 Å². The molecule has 1 fully saturated rings. The number of piperidine rings is 1. The topological polar surface area (TPSA) is 134 Å². The van der Waals surface area contributed by atoms with Gasteiger partial charge in [-0.05, 0) is 37.1 Å². The highest BCUT2D eigenvalue weighted by atomic mass is 35.5. The maximum Gasteiger partial charge on any atom is 0.229 e. The Morgan fingerprint density at radius 1 is 1.10 bits per heavy atom. The lowest BCUT2D eigenvalue weighted by atomic mass is 10.1. The molecular formula is C25H26ClFN8O3S. The van der Waals surface area contributed by atoms with Crippen LogP contribution in [0.5, 0.6) is 5.75 Å². The normalized spacial score (nSPS) is 15.7. The quantitative estimate of drug-likeness (QED) is 0.268. The molecule has 0 spiro atoms. The molecule has 14 heteroatoms. The Morgan fingerprint density at radius 3 is 2.67 bits per heavy atom. The van der Waals surface area contributed by atoms with Gasteiger partial charge in [0.1, 0.15) is 22.5 Å². The Labute approximate surface area is 229 Å². The largest absolute Gasteiger partial charge is 0.494 e. The van der Waals surface area contributed by atoms with E-state index >= 15 is 0 Å². The number of aromatic nitrogens is 4. The number of methoxy groups -OCH3 is 1. The second-order valence-corrected chi connectivity index (χ2v) is 11.2. The average Bonchev–Trinajstić information content (AvgIpc) is 2.91. The molecule has 4 aromatic rings. The molecule has 1 atom stereocenters. The number of rotatable bonds is 8. The molecule has 11 nitrogen and oxygen atoms in total. The molecule has 0 saturated carbocycles. The molecule has 1 saturated heterocycles. The van der Waals surface area contributed by atoms with Crippen LogP contribution >= 0.6 is 11.6 Å². The number of sulfonamides is 1. The zero-order valence-electron chi connectivity index (χ0n) is 21.1. The molecule has 0 unspecified atom stereocenters. The van der Waals surface area contributed by atoms with E-state index in [1.165, 1.54) is 18.6 Å². The lowest BCUT2D eigenvalue weighted by molar-refractivity contribution is 0.286. The minimum Gasteiger partial charge on any atom is -0.494 e. The van der Waals surface area contributed by atoms with Gasteiger partial charge in [0.05, 0.1) is 42.1 Å². The Balaban J connectivity index is 1.43. The van der Waals surface area contributed by atoms with Crippen molar-refractivity contribution in [3.05, 3.63) is 53.9 Å². The van der Waals surface area contributed by atoms with Gasteiger partial charge < -0.3 is 20.3 Å². The van der Waals surface area contributed by atoms with Crippen LogP contribution in [0.4, 0.5) is 38.9 Å². The van der Waals surface area contributed by atoms with Crippen molar-refractivity contribution >= 4 is 67.2 Å². The number of ether oxygens (including phenoxy) is 1. The van der Waals surface area contributed by atoms with Crippen LogP contribution in [0, 0.1) is 0 Å². The Bertz CT molecular complexity index is 1620. The highest BCUT2D eigenvalue weighted by Crippen LogP contribution is 2.36. The first-order chi connectivity index (χ1) is 18.7. The van der Waals surface area contributed by atoms with Crippen LogP contribution in [-0.2, 0) is 10.0 Å². The summed E-state index contributed by atoms with van der Waals surface area (Å²) in [6, 6.07) is 8.90. The molecule has 39 heavy (non-hydrogen) atoms. The highest BCUT2D eigenvalue weighted by Gasteiger charge is 2.21. The van der Waals surface area contributed by atoms with Gasteiger partial charge in [-0.3, -0.25) is 14.7 Å². The van der Waals surface area contributed by atoms with Crippen molar-refractivity contribution in [1.29, 1.82) is 0 Å². The Kier molecular flexibility index (Phi) is 7.53. The van der Waals surface area contributed by atoms with Crippen LogP contribution in [-0.4, -0.2) is 61.0 Å². The van der Waals surface area contributed by atoms with E-state index in [0.29, 0.717) is 41.1 Å². The van der Waals surface area contributed by atoms with Crippen molar-refractivity contribution < 1.29 is 17.5 Å². The number of nitrogens with one attached hydrogen (secondary N) is 3. The predicted molar refractivity (Wildman–Crippen MR) is 151 cm³/mol. The molecule has 1 aliphatic heterocycles. The van der Waals surface area contributed by atoms with Gasteiger partial charge in [0, 0.05) is 37.2 Å². The van der Waals surface area contributed by atoms with Gasteiger partial charge in [-0.15, -0.1) is 0 Å². The second kappa shape index (κ2) is 11.0. The van der Waals surface area contributed by atoms with Crippen molar-refractivity contribution in [2.24, 2.45) is 0 Å². The molecule has 0 bridgehead atoms. The molecule has 3 heterocycles. The van der Waals surface area contributed by atoms with E-state index in [2.05, 4.69) is 35.3 Å². The summed E-state index contributed by atoms with van der Waals surface area (Å²) in [5, 5.41) is 6.41. The molecule has 1 aliphatic rings. The van der Waals surface area contributed by atoms with E-state index in [9.17, 15) is 12.8 Å². The van der Waals surface area contributed by atoms with Gasteiger partial charge in [-0.2, -0.15) is 4.98 Å². The van der Waals surface area contributed by atoms with Gasteiger partial charge in [0.2, 0.25) is 16.0 Å². The van der Waals surface area contributed by atoms with Gasteiger partial charge in [0.25, 0.3) is 0 Å².